The third-order valence-electron chi connectivity index (χ3n) is 2.57. The van der Waals surface area contributed by atoms with E-state index in [0.29, 0.717) is 0 Å². The normalized spacial score (nSPS) is 10.2. The van der Waals surface area contributed by atoms with Crippen LogP contribution in [0.25, 0.3) is 0 Å². The molecule has 0 aliphatic carbocycles. The smallest absolute Gasteiger partial charge is 0.0363 e. The topological polar surface area (TPSA) is 3.24 Å². The maximum absolute atomic E-state index is 2.33. The summed E-state index contributed by atoms with van der Waals surface area (Å²) in [5.74, 6) is 0. The van der Waals surface area contributed by atoms with E-state index in [0.717, 1.165) is 6.54 Å². The number of benzene rings is 1. The van der Waals surface area contributed by atoms with Crippen LogP contribution < -0.4 is 4.90 Å². The van der Waals surface area contributed by atoms with Gasteiger partial charge >= 0.3 is 0 Å². The summed E-state index contributed by atoms with van der Waals surface area (Å²) in [6, 6.07) is 8.74. The molecule has 0 unspecified atom stereocenters. The van der Waals surface area contributed by atoms with Gasteiger partial charge < -0.3 is 4.90 Å². The number of anilines is 1. The van der Waals surface area contributed by atoms with Gasteiger partial charge in [0.05, 0.1) is 0 Å². The van der Waals surface area contributed by atoms with Crippen molar-refractivity contribution in [3.05, 3.63) is 29.8 Å². The Balaban J connectivity index is 2.43. The second kappa shape index (κ2) is 5.69. The molecule has 78 valence electrons. The van der Waals surface area contributed by atoms with Crippen molar-refractivity contribution in [2.45, 2.75) is 33.1 Å². The van der Waals surface area contributed by atoms with Gasteiger partial charge in [0.15, 0.2) is 0 Å². The number of nitrogens with zero attached hydrogens (tertiary/aromatic N) is 1. The van der Waals surface area contributed by atoms with Gasteiger partial charge in [0.1, 0.15) is 0 Å². The largest absolute Gasteiger partial charge is 0.375 e. The van der Waals surface area contributed by atoms with Crippen LogP contribution in [0.4, 0.5) is 5.69 Å². The molecule has 0 saturated carbocycles. The highest BCUT2D eigenvalue weighted by Crippen LogP contribution is 2.13. The van der Waals surface area contributed by atoms with Crippen molar-refractivity contribution in [3.8, 4) is 0 Å². The summed E-state index contributed by atoms with van der Waals surface area (Å²) < 4.78 is 0. The molecule has 0 atom stereocenters. The Hall–Kier alpha value is -0.980. The van der Waals surface area contributed by atoms with Gasteiger partial charge in [-0.2, -0.15) is 0 Å². The summed E-state index contributed by atoms with van der Waals surface area (Å²) in [4.78, 5) is 2.33. The van der Waals surface area contributed by atoms with Gasteiger partial charge in [0, 0.05) is 19.3 Å². The molecule has 14 heavy (non-hydrogen) atoms. The zero-order chi connectivity index (χ0) is 10.4. The van der Waals surface area contributed by atoms with Crippen molar-refractivity contribution in [1.29, 1.82) is 0 Å². The maximum atomic E-state index is 2.33. The van der Waals surface area contributed by atoms with E-state index >= 15 is 0 Å². The van der Waals surface area contributed by atoms with Crippen LogP contribution in [0.2, 0.25) is 0 Å². The molecule has 0 aliphatic heterocycles. The van der Waals surface area contributed by atoms with Crippen LogP contribution in [-0.4, -0.2) is 13.6 Å². The molecular formula is C13H21N. The molecule has 0 aliphatic rings. The Labute approximate surface area is 87.7 Å². The van der Waals surface area contributed by atoms with Gasteiger partial charge in [-0.1, -0.05) is 37.5 Å². The van der Waals surface area contributed by atoms with Crippen LogP contribution in [0.1, 0.15) is 31.7 Å². The van der Waals surface area contributed by atoms with Crippen molar-refractivity contribution in [1.82, 2.24) is 0 Å². The van der Waals surface area contributed by atoms with Crippen LogP contribution >= 0.6 is 0 Å². The van der Waals surface area contributed by atoms with Crippen molar-refractivity contribution < 1.29 is 0 Å². The predicted molar refractivity (Wildman–Crippen MR) is 64.0 cm³/mol. The molecule has 0 amide bonds. The fourth-order valence-electron chi connectivity index (χ4n) is 1.53. The molecule has 0 spiro atoms. The molecular weight excluding hydrogens is 170 g/mol. The van der Waals surface area contributed by atoms with Crippen LogP contribution in [0.5, 0.6) is 0 Å². The van der Waals surface area contributed by atoms with E-state index in [4.69, 9.17) is 0 Å². The highest BCUT2D eigenvalue weighted by molar-refractivity contribution is 5.46. The Bertz CT molecular complexity index is 250. The van der Waals surface area contributed by atoms with E-state index in [9.17, 15) is 0 Å². The predicted octanol–water partition coefficient (Wildman–Crippen LogP) is 3.62. The van der Waals surface area contributed by atoms with Gasteiger partial charge in [0.25, 0.3) is 0 Å². The lowest BCUT2D eigenvalue weighted by atomic mass is 10.2. The van der Waals surface area contributed by atoms with E-state index in [1.54, 1.807) is 0 Å². The number of hydrogen-bond donors (Lipinski definition) is 0. The van der Waals surface area contributed by atoms with E-state index in [2.05, 4.69) is 50.1 Å². The summed E-state index contributed by atoms with van der Waals surface area (Å²) >= 11 is 0. The second-order valence-electron chi connectivity index (χ2n) is 3.96. The summed E-state index contributed by atoms with van der Waals surface area (Å²) in [5.41, 5.74) is 2.66. The molecule has 0 heterocycles. The monoisotopic (exact) mass is 191 g/mol. The van der Waals surface area contributed by atoms with Gasteiger partial charge in [-0.3, -0.25) is 0 Å². The first-order chi connectivity index (χ1) is 6.74. The minimum absolute atomic E-state index is 1.16. The SMILES string of the molecule is CCCCCN(C)c1ccc(C)cc1. The molecule has 0 fully saturated rings. The first-order valence-corrected chi connectivity index (χ1v) is 5.52. The van der Waals surface area contributed by atoms with Crippen LogP contribution in [0, 0.1) is 6.92 Å². The zero-order valence-corrected chi connectivity index (χ0v) is 9.59. The van der Waals surface area contributed by atoms with Gasteiger partial charge in [-0.15, -0.1) is 0 Å². The van der Waals surface area contributed by atoms with Crippen molar-refractivity contribution in [2.75, 3.05) is 18.5 Å². The average Bonchev–Trinajstić information content (AvgIpc) is 2.19. The Kier molecular flexibility index (Phi) is 4.51. The second-order valence-corrected chi connectivity index (χ2v) is 3.96. The van der Waals surface area contributed by atoms with Gasteiger partial charge in [-0.25, -0.2) is 0 Å². The van der Waals surface area contributed by atoms with E-state index in [1.165, 1.54) is 30.5 Å². The van der Waals surface area contributed by atoms with Crippen molar-refractivity contribution >= 4 is 5.69 Å². The van der Waals surface area contributed by atoms with Crippen molar-refractivity contribution in [3.63, 3.8) is 0 Å². The molecule has 0 bridgehead atoms. The molecule has 0 saturated heterocycles. The third-order valence-corrected chi connectivity index (χ3v) is 2.57. The average molecular weight is 191 g/mol. The lowest BCUT2D eigenvalue weighted by Crippen LogP contribution is -2.18. The number of hydrogen-bond acceptors (Lipinski definition) is 1. The molecule has 1 aromatic rings. The molecule has 0 N–H and O–H groups in total. The number of rotatable bonds is 5. The number of aryl methyl sites for hydroxylation is 1. The quantitative estimate of drug-likeness (QED) is 0.642. The van der Waals surface area contributed by atoms with Gasteiger partial charge in [0.2, 0.25) is 0 Å². The highest BCUT2D eigenvalue weighted by Gasteiger charge is 1.98. The molecule has 1 heteroatoms. The number of unbranched alkanes of at least 4 members (excludes halogenated alkanes) is 2. The molecule has 0 radical (unpaired) electrons. The van der Waals surface area contributed by atoms with Gasteiger partial charge in [-0.05, 0) is 25.5 Å². The molecule has 0 aromatic heterocycles. The van der Waals surface area contributed by atoms with E-state index < -0.39 is 0 Å². The fraction of sp³-hybridized carbons (Fsp3) is 0.538. The van der Waals surface area contributed by atoms with E-state index in [1.807, 2.05) is 0 Å². The Morgan fingerprint density at radius 1 is 1.07 bits per heavy atom. The minimum atomic E-state index is 1.16. The first kappa shape index (κ1) is 11.1. The van der Waals surface area contributed by atoms with Crippen LogP contribution in [0.3, 0.4) is 0 Å². The minimum Gasteiger partial charge on any atom is -0.375 e. The summed E-state index contributed by atoms with van der Waals surface area (Å²) in [6.45, 7) is 5.53. The summed E-state index contributed by atoms with van der Waals surface area (Å²) in [7, 11) is 2.17. The van der Waals surface area contributed by atoms with Crippen LogP contribution in [-0.2, 0) is 0 Å². The standard InChI is InChI=1S/C13H21N/c1-4-5-6-11-14(3)13-9-7-12(2)8-10-13/h7-10H,4-6,11H2,1-3H3. The Morgan fingerprint density at radius 2 is 1.71 bits per heavy atom. The summed E-state index contributed by atoms with van der Waals surface area (Å²) in [6.07, 6.45) is 3.92. The van der Waals surface area contributed by atoms with Crippen molar-refractivity contribution in [2.24, 2.45) is 0 Å². The van der Waals surface area contributed by atoms with Crippen LogP contribution in [0.15, 0.2) is 24.3 Å². The Morgan fingerprint density at radius 3 is 2.29 bits per heavy atom. The zero-order valence-electron chi connectivity index (χ0n) is 9.59. The summed E-state index contributed by atoms with van der Waals surface area (Å²) in [5, 5.41) is 0. The maximum Gasteiger partial charge on any atom is 0.0363 e. The molecule has 1 aromatic carbocycles. The molecule has 1 nitrogen and oxygen atoms in total. The molecule has 1 rings (SSSR count). The lowest BCUT2D eigenvalue weighted by Gasteiger charge is -2.19. The first-order valence-electron chi connectivity index (χ1n) is 5.52. The fourth-order valence-corrected chi connectivity index (χ4v) is 1.53. The highest BCUT2D eigenvalue weighted by atomic mass is 15.1. The lowest BCUT2D eigenvalue weighted by molar-refractivity contribution is 0.705. The van der Waals surface area contributed by atoms with E-state index in [-0.39, 0.29) is 0 Å². The third kappa shape index (κ3) is 3.41.